The first-order valence-electron chi connectivity index (χ1n) is 9.78. The van der Waals surface area contributed by atoms with Gasteiger partial charge in [-0.3, -0.25) is 4.79 Å². The Morgan fingerprint density at radius 2 is 2.06 bits per heavy atom. The van der Waals surface area contributed by atoms with Crippen LogP contribution in [0.2, 0.25) is 5.02 Å². The number of thiophene rings is 1. The number of aliphatic hydroxyl groups is 2. The zero-order valence-corrected chi connectivity index (χ0v) is 19.0. The fourth-order valence-corrected chi connectivity index (χ4v) is 6.27. The van der Waals surface area contributed by atoms with Gasteiger partial charge in [-0.15, -0.1) is 21.5 Å². The highest BCUT2D eigenvalue weighted by molar-refractivity contribution is 7.99. The number of likely N-dealkylation sites (N-methyl/N-ethyl adjacent to an activating group) is 1. The lowest BCUT2D eigenvalue weighted by molar-refractivity contribution is 0.113. The van der Waals surface area contributed by atoms with Crippen molar-refractivity contribution in [1.82, 2.24) is 24.1 Å². The van der Waals surface area contributed by atoms with Crippen LogP contribution in [0.25, 0.3) is 21.7 Å². The third-order valence-corrected chi connectivity index (χ3v) is 7.89. The van der Waals surface area contributed by atoms with Crippen molar-refractivity contribution < 1.29 is 10.2 Å². The van der Waals surface area contributed by atoms with Crippen LogP contribution in [0.3, 0.4) is 0 Å². The molecule has 11 heteroatoms. The highest BCUT2D eigenvalue weighted by atomic mass is 35.5. The number of halogens is 1. The lowest BCUT2D eigenvalue weighted by Crippen LogP contribution is -2.27. The SMILES string of the molecule is CN1CCc2c(sc3c2c(=O)n(-c2ccc(Cl)cc2)c2nnc(SCC(O)CO)n32)C1. The first-order valence-corrected chi connectivity index (χ1v) is 12.0. The summed E-state index contributed by atoms with van der Waals surface area (Å²) in [6.07, 6.45) is -0.0544. The Kier molecular flexibility index (Phi) is 5.53. The Labute approximate surface area is 190 Å². The molecule has 162 valence electrons. The average molecular weight is 478 g/mol. The number of hydrogen-bond acceptors (Lipinski definition) is 8. The second-order valence-corrected chi connectivity index (χ2v) is 10.1. The molecule has 1 aliphatic rings. The standard InChI is InChI=1S/C20H20ClN5O3S2/c1-24-7-6-14-15(8-24)31-18-16(14)17(29)25(12-4-2-11(21)3-5-12)19-22-23-20(26(18)19)30-10-13(28)9-27/h2-5,13,27-28H,6-10H2,1H3. The van der Waals surface area contributed by atoms with Crippen LogP contribution in [-0.4, -0.2) is 66.3 Å². The summed E-state index contributed by atoms with van der Waals surface area (Å²) in [6.45, 7) is 1.36. The van der Waals surface area contributed by atoms with E-state index in [1.807, 2.05) is 4.40 Å². The van der Waals surface area contributed by atoms with E-state index in [0.717, 1.165) is 29.9 Å². The zero-order valence-electron chi connectivity index (χ0n) is 16.7. The van der Waals surface area contributed by atoms with E-state index < -0.39 is 6.10 Å². The van der Waals surface area contributed by atoms with Crippen LogP contribution in [-0.2, 0) is 13.0 Å². The van der Waals surface area contributed by atoms with Crippen molar-refractivity contribution in [2.75, 3.05) is 26.0 Å². The van der Waals surface area contributed by atoms with E-state index in [2.05, 4.69) is 22.1 Å². The van der Waals surface area contributed by atoms with Crippen LogP contribution in [0, 0.1) is 0 Å². The molecule has 4 aromatic rings. The molecule has 5 rings (SSSR count). The smallest absolute Gasteiger partial charge is 0.268 e. The third-order valence-electron chi connectivity index (χ3n) is 5.37. The molecule has 1 unspecified atom stereocenters. The maximum absolute atomic E-state index is 13.7. The topological polar surface area (TPSA) is 95.9 Å². The van der Waals surface area contributed by atoms with Gasteiger partial charge in [-0.05, 0) is 43.3 Å². The van der Waals surface area contributed by atoms with Gasteiger partial charge in [-0.25, -0.2) is 8.97 Å². The van der Waals surface area contributed by atoms with Gasteiger partial charge in [-0.2, -0.15) is 0 Å². The second-order valence-electron chi connectivity index (χ2n) is 7.55. The van der Waals surface area contributed by atoms with Gasteiger partial charge in [0.2, 0.25) is 5.78 Å². The van der Waals surface area contributed by atoms with Crippen LogP contribution in [0.1, 0.15) is 10.4 Å². The normalized spacial score (nSPS) is 15.6. The molecule has 31 heavy (non-hydrogen) atoms. The number of nitrogens with zero attached hydrogens (tertiary/aromatic N) is 5. The van der Waals surface area contributed by atoms with Gasteiger partial charge in [0.25, 0.3) is 5.56 Å². The number of aromatic nitrogens is 4. The fourth-order valence-electron chi connectivity index (χ4n) is 3.82. The largest absolute Gasteiger partial charge is 0.394 e. The van der Waals surface area contributed by atoms with E-state index in [-0.39, 0.29) is 17.9 Å². The molecule has 1 aromatic carbocycles. The summed E-state index contributed by atoms with van der Waals surface area (Å²) in [5.41, 5.74) is 1.63. The molecule has 0 saturated heterocycles. The van der Waals surface area contributed by atoms with Gasteiger partial charge >= 0.3 is 0 Å². The van der Waals surface area contributed by atoms with E-state index in [1.54, 1.807) is 40.2 Å². The van der Waals surface area contributed by atoms with Crippen LogP contribution < -0.4 is 5.56 Å². The van der Waals surface area contributed by atoms with Gasteiger partial charge in [0.15, 0.2) is 5.16 Å². The molecule has 0 aliphatic carbocycles. The van der Waals surface area contributed by atoms with Crippen molar-refractivity contribution in [2.24, 2.45) is 0 Å². The van der Waals surface area contributed by atoms with E-state index >= 15 is 0 Å². The third kappa shape index (κ3) is 3.57. The van der Waals surface area contributed by atoms with Crippen LogP contribution in [0.4, 0.5) is 0 Å². The van der Waals surface area contributed by atoms with Crippen molar-refractivity contribution in [3.63, 3.8) is 0 Å². The van der Waals surface area contributed by atoms with E-state index in [1.165, 1.54) is 16.6 Å². The van der Waals surface area contributed by atoms with Gasteiger partial charge in [0.1, 0.15) is 4.83 Å². The summed E-state index contributed by atoms with van der Waals surface area (Å²) < 4.78 is 3.46. The first kappa shape index (κ1) is 20.9. The number of rotatable bonds is 5. The van der Waals surface area contributed by atoms with Crippen molar-refractivity contribution in [1.29, 1.82) is 0 Å². The molecule has 0 fully saturated rings. The summed E-state index contributed by atoms with van der Waals surface area (Å²) in [4.78, 5) is 18.0. The van der Waals surface area contributed by atoms with E-state index in [9.17, 15) is 15.0 Å². The molecule has 2 N–H and O–H groups in total. The number of aliphatic hydroxyl groups excluding tert-OH is 2. The van der Waals surface area contributed by atoms with Gasteiger partial charge < -0.3 is 15.1 Å². The summed E-state index contributed by atoms with van der Waals surface area (Å²) in [5, 5.41) is 29.5. The van der Waals surface area contributed by atoms with Crippen molar-refractivity contribution in [3.05, 3.63) is 50.1 Å². The fraction of sp³-hybridized carbons (Fsp3) is 0.350. The highest BCUT2D eigenvalue weighted by Gasteiger charge is 2.26. The molecule has 4 heterocycles. The Balaban J connectivity index is 1.81. The minimum Gasteiger partial charge on any atom is -0.394 e. The molecule has 0 radical (unpaired) electrons. The quantitative estimate of drug-likeness (QED) is 0.425. The molecular weight excluding hydrogens is 458 g/mol. The molecular formula is C20H20ClN5O3S2. The summed E-state index contributed by atoms with van der Waals surface area (Å²) in [7, 11) is 2.07. The number of thioether (sulfide) groups is 1. The number of hydrogen-bond donors (Lipinski definition) is 2. The van der Waals surface area contributed by atoms with Crippen molar-refractivity contribution in [3.8, 4) is 5.69 Å². The minimum atomic E-state index is -0.861. The molecule has 3 aromatic heterocycles. The molecule has 0 amide bonds. The predicted octanol–water partition coefficient (Wildman–Crippen LogP) is 2.18. The number of benzene rings is 1. The van der Waals surface area contributed by atoms with Gasteiger partial charge in [-0.1, -0.05) is 23.4 Å². The monoisotopic (exact) mass is 477 g/mol. The Bertz CT molecular complexity index is 1330. The predicted molar refractivity (Wildman–Crippen MR) is 123 cm³/mol. The lowest BCUT2D eigenvalue weighted by Gasteiger charge is -2.21. The summed E-state index contributed by atoms with van der Waals surface area (Å²) >= 11 is 8.96. The summed E-state index contributed by atoms with van der Waals surface area (Å²) in [6, 6.07) is 7.07. The first-order chi connectivity index (χ1) is 15.0. The number of fused-ring (bicyclic) bond motifs is 5. The van der Waals surface area contributed by atoms with E-state index in [0.29, 0.717) is 27.0 Å². The molecule has 1 aliphatic heterocycles. The van der Waals surface area contributed by atoms with Crippen LogP contribution in [0.5, 0.6) is 0 Å². The Morgan fingerprint density at radius 3 is 2.81 bits per heavy atom. The van der Waals surface area contributed by atoms with Crippen LogP contribution >= 0.6 is 34.7 Å². The average Bonchev–Trinajstić information content (AvgIpc) is 3.34. The van der Waals surface area contributed by atoms with Gasteiger partial charge in [0, 0.05) is 28.7 Å². The molecule has 0 spiro atoms. The molecule has 8 nitrogen and oxygen atoms in total. The van der Waals surface area contributed by atoms with Gasteiger partial charge in [0.05, 0.1) is 23.8 Å². The van der Waals surface area contributed by atoms with Crippen molar-refractivity contribution in [2.45, 2.75) is 24.2 Å². The highest BCUT2D eigenvalue weighted by Crippen LogP contribution is 2.35. The van der Waals surface area contributed by atoms with E-state index in [4.69, 9.17) is 11.6 Å². The maximum Gasteiger partial charge on any atom is 0.268 e. The Morgan fingerprint density at radius 1 is 1.29 bits per heavy atom. The molecule has 0 bridgehead atoms. The van der Waals surface area contributed by atoms with Crippen molar-refractivity contribution >= 4 is 50.7 Å². The summed E-state index contributed by atoms with van der Waals surface area (Å²) in [5.74, 6) is 0.680. The second kappa shape index (κ2) is 8.19. The Hall–Kier alpha value is -1.95. The zero-order chi connectivity index (χ0) is 21.7. The molecule has 0 saturated carbocycles. The van der Waals surface area contributed by atoms with Crippen LogP contribution in [0.15, 0.2) is 34.2 Å². The molecule has 1 atom stereocenters. The maximum atomic E-state index is 13.7. The lowest BCUT2D eigenvalue weighted by atomic mass is 10.1. The minimum absolute atomic E-state index is 0.119.